The zero-order chi connectivity index (χ0) is 12.4. The van der Waals surface area contributed by atoms with Crippen LogP contribution in [0.4, 0.5) is 0 Å². The van der Waals surface area contributed by atoms with Gasteiger partial charge in [0.25, 0.3) is 0 Å². The molecule has 18 heavy (non-hydrogen) atoms. The number of hydrogen-bond acceptors (Lipinski definition) is 2. The number of methoxy groups -OCH3 is 1. The number of nitrogens with one attached hydrogen (secondary N) is 2. The lowest BCUT2D eigenvalue weighted by Gasteiger charge is -2.13. The average molecular weight is 242 g/mol. The number of aromatic nitrogens is 1. The summed E-state index contributed by atoms with van der Waals surface area (Å²) in [7, 11) is 1.71. The van der Waals surface area contributed by atoms with Gasteiger partial charge in [-0.05, 0) is 43.1 Å². The van der Waals surface area contributed by atoms with E-state index < -0.39 is 0 Å². The summed E-state index contributed by atoms with van der Waals surface area (Å²) in [4.78, 5) is 3.33. The number of hydrogen-bond donors (Lipinski definition) is 2. The van der Waals surface area contributed by atoms with Crippen LogP contribution in [-0.2, 0) is 6.42 Å². The molecule has 3 nitrogen and oxygen atoms in total. The molecule has 94 valence electrons. The van der Waals surface area contributed by atoms with Gasteiger partial charge in [0.1, 0.15) is 5.75 Å². The minimum absolute atomic E-state index is 0.916. The summed E-state index contributed by atoms with van der Waals surface area (Å²) in [6.07, 6.45) is 6.62. The van der Waals surface area contributed by atoms with Gasteiger partial charge in [0, 0.05) is 23.6 Å². The third-order valence-corrected chi connectivity index (χ3v) is 3.50. The molecule has 0 saturated carbocycles. The maximum absolute atomic E-state index is 5.30. The molecule has 3 heteroatoms. The molecule has 1 aliphatic rings. The average Bonchev–Trinajstić information content (AvgIpc) is 2.82. The molecule has 0 saturated heterocycles. The predicted molar refractivity (Wildman–Crippen MR) is 74.1 cm³/mol. The highest BCUT2D eigenvalue weighted by Crippen LogP contribution is 2.25. The van der Waals surface area contributed by atoms with Crippen molar-refractivity contribution >= 4 is 10.9 Å². The van der Waals surface area contributed by atoms with E-state index in [-0.39, 0.29) is 0 Å². The van der Waals surface area contributed by atoms with E-state index in [0.29, 0.717) is 0 Å². The molecule has 0 atom stereocenters. The summed E-state index contributed by atoms with van der Waals surface area (Å²) in [5, 5.41) is 4.68. The summed E-state index contributed by atoms with van der Waals surface area (Å²) < 4.78 is 5.30. The smallest absolute Gasteiger partial charge is 0.119 e. The summed E-state index contributed by atoms with van der Waals surface area (Å²) in [6.45, 7) is 2.11. The zero-order valence-corrected chi connectivity index (χ0v) is 10.6. The Kier molecular flexibility index (Phi) is 3.07. The minimum atomic E-state index is 0.916. The van der Waals surface area contributed by atoms with E-state index in [2.05, 4.69) is 34.7 Å². The van der Waals surface area contributed by atoms with Crippen molar-refractivity contribution in [2.24, 2.45) is 0 Å². The van der Waals surface area contributed by atoms with Crippen molar-refractivity contribution in [3.05, 3.63) is 41.6 Å². The first-order valence-corrected chi connectivity index (χ1v) is 6.39. The fraction of sp³-hybridized carbons (Fsp3) is 0.333. The Morgan fingerprint density at radius 3 is 3.06 bits per heavy atom. The normalized spacial score (nSPS) is 15.7. The van der Waals surface area contributed by atoms with Gasteiger partial charge in [0.2, 0.25) is 0 Å². The molecule has 3 rings (SSSR count). The lowest BCUT2D eigenvalue weighted by atomic mass is 10.0. The molecule has 2 aromatic rings. The molecule has 0 bridgehead atoms. The summed E-state index contributed by atoms with van der Waals surface area (Å²) >= 11 is 0. The van der Waals surface area contributed by atoms with Crippen LogP contribution < -0.4 is 10.1 Å². The molecular weight excluding hydrogens is 224 g/mol. The Balaban J connectivity index is 1.93. The van der Waals surface area contributed by atoms with Crippen LogP contribution in [-0.4, -0.2) is 25.2 Å². The Labute approximate surface area is 107 Å². The van der Waals surface area contributed by atoms with Gasteiger partial charge in [0.15, 0.2) is 0 Å². The molecule has 0 aliphatic carbocycles. The van der Waals surface area contributed by atoms with Gasteiger partial charge in [-0.25, -0.2) is 0 Å². The van der Waals surface area contributed by atoms with Crippen molar-refractivity contribution in [2.75, 3.05) is 20.2 Å². The van der Waals surface area contributed by atoms with Gasteiger partial charge in [-0.1, -0.05) is 11.6 Å². The monoisotopic (exact) mass is 242 g/mol. The van der Waals surface area contributed by atoms with Crippen LogP contribution in [0.1, 0.15) is 12.0 Å². The number of benzene rings is 1. The molecular formula is C15H18N2O. The van der Waals surface area contributed by atoms with Crippen molar-refractivity contribution < 1.29 is 4.74 Å². The minimum Gasteiger partial charge on any atom is -0.497 e. The van der Waals surface area contributed by atoms with Crippen LogP contribution in [0.25, 0.3) is 10.9 Å². The van der Waals surface area contributed by atoms with Crippen LogP contribution in [0.15, 0.2) is 36.0 Å². The van der Waals surface area contributed by atoms with Crippen molar-refractivity contribution in [2.45, 2.75) is 12.8 Å². The number of ether oxygens (including phenoxy) is 1. The lowest BCUT2D eigenvalue weighted by molar-refractivity contribution is 0.415. The fourth-order valence-corrected chi connectivity index (χ4v) is 2.51. The van der Waals surface area contributed by atoms with Gasteiger partial charge in [0.05, 0.1) is 7.11 Å². The van der Waals surface area contributed by atoms with Crippen LogP contribution in [0.2, 0.25) is 0 Å². The van der Waals surface area contributed by atoms with E-state index in [1.165, 1.54) is 22.0 Å². The highest BCUT2D eigenvalue weighted by atomic mass is 16.5. The molecule has 0 amide bonds. The molecule has 0 spiro atoms. The molecule has 1 aliphatic heterocycles. The molecule has 0 radical (unpaired) electrons. The fourth-order valence-electron chi connectivity index (χ4n) is 2.51. The second kappa shape index (κ2) is 4.86. The number of aromatic amines is 1. The first kappa shape index (κ1) is 11.4. The van der Waals surface area contributed by atoms with Crippen LogP contribution in [0, 0.1) is 0 Å². The summed E-state index contributed by atoms with van der Waals surface area (Å²) in [6, 6.07) is 6.17. The standard InChI is InChI=1S/C15H18N2O/c1-18-13-4-5-15-14(8-13)12(10-17-15)7-11-3-2-6-16-9-11/h3-5,8,10,16-17H,2,6-7,9H2,1H3. The maximum atomic E-state index is 5.30. The van der Waals surface area contributed by atoms with E-state index in [1.54, 1.807) is 7.11 Å². The van der Waals surface area contributed by atoms with Crippen molar-refractivity contribution in [3.8, 4) is 5.75 Å². The topological polar surface area (TPSA) is 37.0 Å². The zero-order valence-electron chi connectivity index (χ0n) is 10.6. The van der Waals surface area contributed by atoms with E-state index in [9.17, 15) is 0 Å². The number of H-pyrrole nitrogens is 1. The van der Waals surface area contributed by atoms with Crippen LogP contribution >= 0.6 is 0 Å². The van der Waals surface area contributed by atoms with E-state index >= 15 is 0 Å². The second-order valence-electron chi connectivity index (χ2n) is 4.73. The molecule has 0 unspecified atom stereocenters. The van der Waals surface area contributed by atoms with E-state index in [0.717, 1.165) is 31.7 Å². The van der Waals surface area contributed by atoms with Gasteiger partial charge in [-0.3, -0.25) is 0 Å². The summed E-state index contributed by atoms with van der Waals surface area (Å²) in [5.41, 5.74) is 4.00. The third kappa shape index (κ3) is 2.14. The summed E-state index contributed by atoms with van der Waals surface area (Å²) in [5.74, 6) is 0.916. The van der Waals surface area contributed by atoms with Gasteiger partial charge >= 0.3 is 0 Å². The first-order chi connectivity index (χ1) is 8.86. The Morgan fingerprint density at radius 2 is 2.28 bits per heavy atom. The van der Waals surface area contributed by atoms with Crippen LogP contribution in [0.5, 0.6) is 5.75 Å². The van der Waals surface area contributed by atoms with E-state index in [4.69, 9.17) is 4.74 Å². The van der Waals surface area contributed by atoms with Gasteiger partial charge in [-0.15, -0.1) is 0 Å². The Morgan fingerprint density at radius 1 is 1.33 bits per heavy atom. The molecule has 2 N–H and O–H groups in total. The van der Waals surface area contributed by atoms with Gasteiger partial charge in [-0.2, -0.15) is 0 Å². The maximum Gasteiger partial charge on any atom is 0.119 e. The van der Waals surface area contributed by atoms with Crippen molar-refractivity contribution in [3.63, 3.8) is 0 Å². The SMILES string of the molecule is COc1ccc2[nH]cc(CC3=CCCNC3)c2c1. The highest BCUT2D eigenvalue weighted by Gasteiger charge is 2.09. The predicted octanol–water partition coefficient (Wildman–Crippen LogP) is 2.64. The second-order valence-corrected chi connectivity index (χ2v) is 4.73. The van der Waals surface area contributed by atoms with Gasteiger partial charge < -0.3 is 15.0 Å². The molecule has 1 aromatic carbocycles. The highest BCUT2D eigenvalue weighted by molar-refractivity contribution is 5.84. The molecule has 1 aromatic heterocycles. The largest absolute Gasteiger partial charge is 0.497 e. The van der Waals surface area contributed by atoms with Crippen molar-refractivity contribution in [1.82, 2.24) is 10.3 Å². The lowest BCUT2D eigenvalue weighted by Crippen LogP contribution is -2.22. The number of rotatable bonds is 3. The number of fused-ring (bicyclic) bond motifs is 1. The molecule has 0 fully saturated rings. The first-order valence-electron chi connectivity index (χ1n) is 6.39. The Hall–Kier alpha value is -1.74. The van der Waals surface area contributed by atoms with Crippen LogP contribution in [0.3, 0.4) is 0 Å². The van der Waals surface area contributed by atoms with E-state index in [1.807, 2.05) is 6.07 Å². The van der Waals surface area contributed by atoms with Crippen molar-refractivity contribution in [1.29, 1.82) is 0 Å². The quantitative estimate of drug-likeness (QED) is 0.812. The Bertz CT molecular complexity index is 583. The third-order valence-electron chi connectivity index (χ3n) is 3.50. The molecule has 2 heterocycles.